The van der Waals surface area contributed by atoms with Crippen molar-refractivity contribution in [3.05, 3.63) is 35.9 Å². The number of aliphatic hydroxyl groups excluding tert-OH is 1. The van der Waals surface area contributed by atoms with Gasteiger partial charge in [0.25, 0.3) is 0 Å². The van der Waals surface area contributed by atoms with Gasteiger partial charge in [-0.05, 0) is 36.7 Å². The smallest absolute Gasteiger partial charge is 0.410 e. The van der Waals surface area contributed by atoms with E-state index in [9.17, 15) is 9.90 Å². The predicted molar refractivity (Wildman–Crippen MR) is 79.7 cm³/mol. The molecule has 2 fully saturated rings. The summed E-state index contributed by atoms with van der Waals surface area (Å²) < 4.78 is 5.44. The van der Waals surface area contributed by atoms with Crippen LogP contribution in [0.25, 0.3) is 0 Å². The number of rotatable bonds is 5. The van der Waals surface area contributed by atoms with Gasteiger partial charge < -0.3 is 14.7 Å². The molecule has 0 spiro atoms. The average molecular weight is 289 g/mol. The first-order chi connectivity index (χ1) is 10.3. The Kier molecular flexibility index (Phi) is 4.44. The molecule has 3 rings (SSSR count). The molecule has 4 nitrogen and oxygen atoms in total. The van der Waals surface area contributed by atoms with Crippen LogP contribution in [0.2, 0.25) is 0 Å². The summed E-state index contributed by atoms with van der Waals surface area (Å²) in [5.41, 5.74) is 0.989. The van der Waals surface area contributed by atoms with Crippen LogP contribution in [0.4, 0.5) is 4.79 Å². The van der Waals surface area contributed by atoms with Gasteiger partial charge in [0.05, 0.1) is 6.61 Å². The van der Waals surface area contributed by atoms with E-state index < -0.39 is 0 Å². The lowest BCUT2D eigenvalue weighted by Crippen LogP contribution is -2.45. The van der Waals surface area contributed by atoms with E-state index in [0.29, 0.717) is 19.1 Å². The van der Waals surface area contributed by atoms with Gasteiger partial charge in [-0.2, -0.15) is 0 Å². The Morgan fingerprint density at radius 2 is 2.05 bits per heavy atom. The molecule has 3 atom stereocenters. The van der Waals surface area contributed by atoms with E-state index in [2.05, 4.69) is 0 Å². The summed E-state index contributed by atoms with van der Waals surface area (Å²) in [6, 6.07) is 9.97. The predicted octanol–water partition coefficient (Wildman–Crippen LogP) is 2.81. The van der Waals surface area contributed by atoms with Crippen molar-refractivity contribution >= 4 is 6.09 Å². The molecule has 0 radical (unpaired) electrons. The fourth-order valence-electron chi connectivity index (χ4n) is 3.90. The molecule has 0 heterocycles. The van der Waals surface area contributed by atoms with Gasteiger partial charge in [-0.1, -0.05) is 36.8 Å². The fraction of sp³-hybridized carbons (Fsp3) is 0.588. The lowest BCUT2D eigenvalue weighted by atomic mass is 9.94. The van der Waals surface area contributed by atoms with Crippen molar-refractivity contribution in [3.63, 3.8) is 0 Å². The Hall–Kier alpha value is -1.55. The molecular weight excluding hydrogens is 266 g/mol. The molecule has 21 heavy (non-hydrogen) atoms. The van der Waals surface area contributed by atoms with Crippen molar-refractivity contribution in [2.45, 2.75) is 38.3 Å². The normalized spacial score (nSPS) is 26.8. The van der Waals surface area contributed by atoms with Gasteiger partial charge in [0.1, 0.15) is 6.61 Å². The molecular formula is C17H23NO3. The maximum absolute atomic E-state index is 12.4. The van der Waals surface area contributed by atoms with Gasteiger partial charge in [0.2, 0.25) is 0 Å². The Labute approximate surface area is 125 Å². The van der Waals surface area contributed by atoms with E-state index in [1.54, 1.807) is 4.90 Å². The molecule has 2 aliphatic carbocycles. The maximum atomic E-state index is 12.4. The van der Waals surface area contributed by atoms with Crippen LogP contribution in [0.5, 0.6) is 0 Å². The minimum Gasteiger partial charge on any atom is -0.445 e. The van der Waals surface area contributed by atoms with E-state index in [0.717, 1.165) is 17.9 Å². The summed E-state index contributed by atoms with van der Waals surface area (Å²) >= 11 is 0. The second-order valence-electron chi connectivity index (χ2n) is 6.20. The molecule has 2 aliphatic rings. The lowest BCUT2D eigenvalue weighted by Gasteiger charge is -2.33. The van der Waals surface area contributed by atoms with Crippen LogP contribution in [0.3, 0.4) is 0 Å². The van der Waals surface area contributed by atoms with Crippen molar-refractivity contribution in [2.24, 2.45) is 11.8 Å². The second kappa shape index (κ2) is 6.48. The largest absolute Gasteiger partial charge is 0.445 e. The van der Waals surface area contributed by atoms with Gasteiger partial charge in [-0.3, -0.25) is 0 Å². The van der Waals surface area contributed by atoms with E-state index in [1.807, 2.05) is 30.3 Å². The summed E-state index contributed by atoms with van der Waals surface area (Å²) in [7, 11) is 0. The van der Waals surface area contributed by atoms with E-state index in [1.165, 1.54) is 19.3 Å². The molecule has 114 valence electrons. The third kappa shape index (κ3) is 3.21. The lowest BCUT2D eigenvalue weighted by molar-refractivity contribution is 0.0588. The minimum atomic E-state index is -0.287. The van der Waals surface area contributed by atoms with Gasteiger partial charge in [0, 0.05) is 12.6 Å². The Morgan fingerprint density at radius 3 is 2.67 bits per heavy atom. The van der Waals surface area contributed by atoms with Gasteiger partial charge in [0.15, 0.2) is 0 Å². The van der Waals surface area contributed by atoms with E-state index in [4.69, 9.17) is 4.74 Å². The van der Waals surface area contributed by atoms with Crippen molar-refractivity contribution < 1.29 is 14.6 Å². The molecule has 1 aromatic carbocycles. The van der Waals surface area contributed by atoms with Crippen LogP contribution in [0, 0.1) is 11.8 Å². The SMILES string of the molecule is O=C(OCc1ccccc1)N(CCO)C1CC2CCC1C2. The number of benzene rings is 1. The monoisotopic (exact) mass is 289 g/mol. The first-order valence-electron chi connectivity index (χ1n) is 7.86. The zero-order valence-corrected chi connectivity index (χ0v) is 12.3. The van der Waals surface area contributed by atoms with Gasteiger partial charge in [-0.15, -0.1) is 0 Å². The van der Waals surface area contributed by atoms with Crippen LogP contribution in [0.15, 0.2) is 30.3 Å². The quantitative estimate of drug-likeness (QED) is 0.907. The highest BCUT2D eigenvalue weighted by atomic mass is 16.6. The molecule has 4 heteroatoms. The van der Waals surface area contributed by atoms with Crippen LogP contribution in [-0.2, 0) is 11.3 Å². The summed E-state index contributed by atoms with van der Waals surface area (Å²) in [5, 5.41) is 9.25. The molecule has 3 unspecified atom stereocenters. The number of carbonyl (C=O) groups excluding carboxylic acids is 1. The number of hydrogen-bond acceptors (Lipinski definition) is 3. The standard InChI is InChI=1S/C17H23NO3/c19-9-8-18(16-11-14-6-7-15(16)10-14)17(20)21-12-13-4-2-1-3-5-13/h1-5,14-16,19H,6-12H2. The zero-order valence-electron chi connectivity index (χ0n) is 12.3. The minimum absolute atomic E-state index is 0.00563. The maximum Gasteiger partial charge on any atom is 0.410 e. The first-order valence-corrected chi connectivity index (χ1v) is 7.86. The number of aliphatic hydroxyl groups is 1. The summed E-state index contributed by atoms with van der Waals surface area (Å²) in [5.74, 6) is 1.37. The Balaban J connectivity index is 1.59. The molecule has 1 N–H and O–H groups in total. The van der Waals surface area contributed by atoms with Crippen molar-refractivity contribution in [1.82, 2.24) is 4.90 Å². The van der Waals surface area contributed by atoms with Crippen LogP contribution in [-0.4, -0.2) is 35.3 Å². The molecule has 0 aliphatic heterocycles. The highest BCUT2D eigenvalue weighted by Crippen LogP contribution is 2.46. The van der Waals surface area contributed by atoms with Crippen molar-refractivity contribution in [3.8, 4) is 0 Å². The molecule has 1 amide bonds. The van der Waals surface area contributed by atoms with Gasteiger partial charge >= 0.3 is 6.09 Å². The molecule has 0 aromatic heterocycles. The second-order valence-corrected chi connectivity index (χ2v) is 6.20. The Bertz CT molecular complexity index is 476. The fourth-order valence-corrected chi connectivity index (χ4v) is 3.90. The van der Waals surface area contributed by atoms with Crippen molar-refractivity contribution in [1.29, 1.82) is 0 Å². The summed E-state index contributed by atoms with van der Waals surface area (Å²) in [6.07, 6.45) is 4.53. The topological polar surface area (TPSA) is 49.8 Å². The van der Waals surface area contributed by atoms with E-state index >= 15 is 0 Å². The third-order valence-electron chi connectivity index (χ3n) is 4.88. The average Bonchev–Trinajstić information content (AvgIpc) is 3.14. The number of hydrogen-bond donors (Lipinski definition) is 1. The summed E-state index contributed by atoms with van der Waals surface area (Å²) in [6.45, 7) is 0.665. The zero-order chi connectivity index (χ0) is 14.7. The number of nitrogens with zero attached hydrogens (tertiary/aromatic N) is 1. The Morgan fingerprint density at radius 1 is 1.24 bits per heavy atom. The number of carbonyl (C=O) groups is 1. The third-order valence-corrected chi connectivity index (χ3v) is 4.88. The van der Waals surface area contributed by atoms with Crippen molar-refractivity contribution in [2.75, 3.05) is 13.2 Å². The molecule has 2 bridgehead atoms. The molecule has 2 saturated carbocycles. The van der Waals surface area contributed by atoms with Crippen LogP contribution < -0.4 is 0 Å². The highest BCUT2D eigenvalue weighted by molar-refractivity contribution is 5.68. The number of amides is 1. The van der Waals surface area contributed by atoms with Gasteiger partial charge in [-0.25, -0.2) is 4.79 Å². The van der Waals surface area contributed by atoms with Crippen LogP contribution >= 0.6 is 0 Å². The first kappa shape index (κ1) is 14.4. The summed E-state index contributed by atoms with van der Waals surface area (Å²) in [4.78, 5) is 14.1. The number of ether oxygens (including phenoxy) is 1. The van der Waals surface area contributed by atoms with Crippen LogP contribution in [0.1, 0.15) is 31.2 Å². The van der Waals surface area contributed by atoms with E-state index in [-0.39, 0.29) is 18.7 Å². The molecule has 1 aromatic rings. The molecule has 0 saturated heterocycles. The highest BCUT2D eigenvalue weighted by Gasteiger charge is 2.43. The number of fused-ring (bicyclic) bond motifs is 2.